The second kappa shape index (κ2) is 8.89. The predicted octanol–water partition coefficient (Wildman–Crippen LogP) is 2.61. The lowest BCUT2D eigenvalue weighted by Crippen LogP contribution is -2.41. The topological polar surface area (TPSA) is 15.7 Å². The molecule has 0 aromatic rings. The van der Waals surface area contributed by atoms with Crippen LogP contribution < -0.4 is 0 Å². The van der Waals surface area contributed by atoms with E-state index in [1.165, 1.54) is 32.4 Å². The minimum atomic E-state index is 0.740. The zero-order chi connectivity index (χ0) is 13.4. The van der Waals surface area contributed by atoms with E-state index in [9.17, 15) is 0 Å². The molecule has 0 radical (unpaired) electrons. The van der Waals surface area contributed by atoms with Crippen LogP contribution in [0.1, 0.15) is 47.0 Å². The second-order valence-corrected chi connectivity index (χ2v) is 5.74. The molecule has 1 unspecified atom stereocenters. The molecule has 3 heteroatoms. The summed E-state index contributed by atoms with van der Waals surface area (Å²) in [5.74, 6) is 0. The molecule has 0 N–H and O–H groups in total. The molecule has 0 aromatic carbocycles. The number of rotatable bonds is 3. The van der Waals surface area contributed by atoms with Gasteiger partial charge < -0.3 is 9.64 Å². The molecule has 0 aromatic heterocycles. The first-order valence-electron chi connectivity index (χ1n) is 7.71. The van der Waals surface area contributed by atoms with E-state index in [1.54, 1.807) is 0 Å². The zero-order valence-electron chi connectivity index (χ0n) is 12.8. The summed E-state index contributed by atoms with van der Waals surface area (Å²) in [6, 6.07) is 1.52. The Labute approximate surface area is 113 Å². The smallest absolute Gasteiger partial charge is 0.0594 e. The maximum absolute atomic E-state index is 5.25. The van der Waals surface area contributed by atoms with Gasteiger partial charge in [-0.3, -0.25) is 4.90 Å². The fourth-order valence-corrected chi connectivity index (χ4v) is 2.53. The van der Waals surface area contributed by atoms with E-state index in [-0.39, 0.29) is 0 Å². The van der Waals surface area contributed by atoms with Crippen LogP contribution in [-0.4, -0.2) is 61.3 Å². The van der Waals surface area contributed by atoms with Crippen molar-refractivity contribution in [3.05, 3.63) is 0 Å². The maximum Gasteiger partial charge on any atom is 0.0594 e. The molecule has 0 spiro atoms. The second-order valence-electron chi connectivity index (χ2n) is 5.74. The highest BCUT2D eigenvalue weighted by atomic mass is 16.5. The van der Waals surface area contributed by atoms with Crippen LogP contribution in [-0.2, 0) is 4.74 Å². The van der Waals surface area contributed by atoms with Crippen LogP contribution in [0.5, 0.6) is 0 Å². The summed E-state index contributed by atoms with van der Waals surface area (Å²) in [6.07, 6.45) is 4.08. The minimum absolute atomic E-state index is 0.740. The van der Waals surface area contributed by atoms with Crippen LogP contribution in [0.25, 0.3) is 0 Å². The first-order valence-corrected chi connectivity index (χ1v) is 7.71. The standard InChI is InChI=1S/C8H17NO.C7H15N/c1-3-8(2)9-4-6-10-7-5-9;1-7(2)8-5-3-4-6-8/h8H,3-7H2,1-2H3;7H,3-6H2,1-2H3. The summed E-state index contributed by atoms with van der Waals surface area (Å²) >= 11 is 0. The Hall–Kier alpha value is -0.120. The molecule has 2 aliphatic heterocycles. The summed E-state index contributed by atoms with van der Waals surface area (Å²) in [4.78, 5) is 5.02. The zero-order valence-corrected chi connectivity index (χ0v) is 12.8. The van der Waals surface area contributed by atoms with Gasteiger partial charge in [-0.1, -0.05) is 6.92 Å². The normalized spacial score (nSPS) is 23.8. The lowest BCUT2D eigenvalue weighted by Gasteiger charge is -2.31. The van der Waals surface area contributed by atoms with Crippen molar-refractivity contribution in [2.45, 2.75) is 59.0 Å². The van der Waals surface area contributed by atoms with Crippen molar-refractivity contribution >= 4 is 0 Å². The Bertz CT molecular complexity index is 197. The van der Waals surface area contributed by atoms with Gasteiger partial charge in [0.05, 0.1) is 13.2 Å². The van der Waals surface area contributed by atoms with Gasteiger partial charge in [0.25, 0.3) is 0 Å². The van der Waals surface area contributed by atoms with Crippen molar-refractivity contribution in [2.75, 3.05) is 39.4 Å². The van der Waals surface area contributed by atoms with E-state index in [0.29, 0.717) is 0 Å². The van der Waals surface area contributed by atoms with Gasteiger partial charge in [-0.25, -0.2) is 0 Å². The molecule has 2 saturated heterocycles. The molecule has 2 aliphatic rings. The van der Waals surface area contributed by atoms with Crippen LogP contribution >= 0.6 is 0 Å². The molecule has 2 fully saturated rings. The molecule has 18 heavy (non-hydrogen) atoms. The number of morpholine rings is 1. The predicted molar refractivity (Wildman–Crippen MR) is 78.1 cm³/mol. The van der Waals surface area contributed by atoms with Gasteiger partial charge in [-0.15, -0.1) is 0 Å². The average Bonchev–Trinajstić information content (AvgIpc) is 2.94. The molecule has 0 bridgehead atoms. The number of hydrogen-bond acceptors (Lipinski definition) is 3. The molecule has 3 nitrogen and oxygen atoms in total. The van der Waals surface area contributed by atoms with E-state index in [0.717, 1.165) is 38.4 Å². The lowest BCUT2D eigenvalue weighted by atomic mass is 10.2. The molecule has 0 aliphatic carbocycles. The third kappa shape index (κ3) is 5.68. The van der Waals surface area contributed by atoms with E-state index in [4.69, 9.17) is 4.74 Å². The van der Waals surface area contributed by atoms with Gasteiger partial charge in [0.15, 0.2) is 0 Å². The fourth-order valence-electron chi connectivity index (χ4n) is 2.53. The minimum Gasteiger partial charge on any atom is -0.379 e. The van der Waals surface area contributed by atoms with Crippen molar-refractivity contribution in [1.29, 1.82) is 0 Å². The van der Waals surface area contributed by atoms with Crippen molar-refractivity contribution in [1.82, 2.24) is 9.80 Å². The van der Waals surface area contributed by atoms with Gasteiger partial charge in [0.1, 0.15) is 0 Å². The molecule has 0 saturated carbocycles. The number of likely N-dealkylation sites (tertiary alicyclic amines) is 1. The van der Waals surface area contributed by atoms with Gasteiger partial charge in [-0.2, -0.15) is 0 Å². The molecule has 2 rings (SSSR count). The van der Waals surface area contributed by atoms with Crippen molar-refractivity contribution < 1.29 is 4.74 Å². The fraction of sp³-hybridized carbons (Fsp3) is 1.00. The van der Waals surface area contributed by atoms with Crippen LogP contribution in [0, 0.1) is 0 Å². The third-order valence-electron chi connectivity index (χ3n) is 4.13. The van der Waals surface area contributed by atoms with Crippen LogP contribution in [0.4, 0.5) is 0 Å². The van der Waals surface area contributed by atoms with E-state index < -0.39 is 0 Å². The Morgan fingerprint density at radius 3 is 1.83 bits per heavy atom. The first-order chi connectivity index (χ1) is 8.65. The molecule has 1 atom stereocenters. The van der Waals surface area contributed by atoms with Crippen molar-refractivity contribution in [3.8, 4) is 0 Å². The summed E-state index contributed by atoms with van der Waals surface area (Å²) < 4.78 is 5.25. The quantitative estimate of drug-likeness (QED) is 0.772. The number of hydrogen-bond donors (Lipinski definition) is 0. The van der Waals surface area contributed by atoms with Gasteiger partial charge >= 0.3 is 0 Å². The summed E-state index contributed by atoms with van der Waals surface area (Å²) in [5, 5.41) is 0. The number of nitrogens with zero attached hydrogens (tertiary/aromatic N) is 2. The molecule has 0 amide bonds. The van der Waals surface area contributed by atoms with E-state index >= 15 is 0 Å². The maximum atomic E-state index is 5.25. The van der Waals surface area contributed by atoms with Crippen LogP contribution in [0.2, 0.25) is 0 Å². The first kappa shape index (κ1) is 15.9. The van der Waals surface area contributed by atoms with Gasteiger partial charge in [-0.05, 0) is 53.1 Å². The Kier molecular flexibility index (Phi) is 7.87. The Morgan fingerprint density at radius 2 is 1.44 bits per heavy atom. The highest BCUT2D eigenvalue weighted by Crippen LogP contribution is 2.10. The largest absolute Gasteiger partial charge is 0.379 e. The summed E-state index contributed by atoms with van der Waals surface area (Å²) in [7, 11) is 0. The highest BCUT2D eigenvalue weighted by Gasteiger charge is 2.14. The highest BCUT2D eigenvalue weighted by molar-refractivity contribution is 4.69. The van der Waals surface area contributed by atoms with E-state index in [2.05, 4.69) is 37.5 Å². The van der Waals surface area contributed by atoms with Crippen molar-refractivity contribution in [3.63, 3.8) is 0 Å². The summed E-state index contributed by atoms with van der Waals surface area (Å²) in [5.41, 5.74) is 0. The molecular formula is C15H32N2O. The van der Waals surface area contributed by atoms with Crippen LogP contribution in [0.3, 0.4) is 0 Å². The summed E-state index contributed by atoms with van der Waals surface area (Å²) in [6.45, 7) is 15.8. The van der Waals surface area contributed by atoms with Gasteiger partial charge in [0.2, 0.25) is 0 Å². The van der Waals surface area contributed by atoms with E-state index in [1.807, 2.05) is 0 Å². The molecule has 108 valence electrons. The monoisotopic (exact) mass is 256 g/mol. The Morgan fingerprint density at radius 1 is 0.889 bits per heavy atom. The lowest BCUT2D eigenvalue weighted by molar-refractivity contribution is 0.0196. The average molecular weight is 256 g/mol. The van der Waals surface area contributed by atoms with Gasteiger partial charge in [0, 0.05) is 25.2 Å². The van der Waals surface area contributed by atoms with Crippen LogP contribution in [0.15, 0.2) is 0 Å². The number of ether oxygens (including phenoxy) is 1. The molecular weight excluding hydrogens is 224 g/mol. The third-order valence-corrected chi connectivity index (χ3v) is 4.13. The Balaban J connectivity index is 0.000000184. The molecule has 2 heterocycles. The SMILES string of the molecule is CC(C)N1CCCC1.CCC(C)N1CCOCC1. The van der Waals surface area contributed by atoms with Crippen molar-refractivity contribution in [2.24, 2.45) is 0 Å².